The summed E-state index contributed by atoms with van der Waals surface area (Å²) in [5.41, 5.74) is -0.0688. The monoisotopic (exact) mass is 278 g/mol. The van der Waals surface area contributed by atoms with Crippen LogP contribution in [-0.2, 0) is 4.74 Å². The highest BCUT2D eigenvalue weighted by molar-refractivity contribution is 5.86. The fraction of sp³-hybridized carbons (Fsp3) is 0.167. The standard InChI is InChI=1S/C12H10N2O6/c1-2-18-11(15)10-7-19-12(13-10)20-9-5-3-8(4-6-9)14(16)17/h3-7H,2H2,1H3. The molecule has 2 aromatic rings. The lowest BCUT2D eigenvalue weighted by Gasteiger charge is -1.99. The zero-order valence-corrected chi connectivity index (χ0v) is 10.4. The number of benzene rings is 1. The summed E-state index contributed by atoms with van der Waals surface area (Å²) in [5.74, 6) is -0.317. The molecular weight excluding hydrogens is 268 g/mol. The summed E-state index contributed by atoms with van der Waals surface area (Å²) in [4.78, 5) is 25.1. The van der Waals surface area contributed by atoms with E-state index < -0.39 is 10.9 Å². The van der Waals surface area contributed by atoms with E-state index in [0.29, 0.717) is 5.75 Å². The van der Waals surface area contributed by atoms with E-state index in [-0.39, 0.29) is 24.1 Å². The van der Waals surface area contributed by atoms with Crippen LogP contribution >= 0.6 is 0 Å². The number of hydrogen-bond acceptors (Lipinski definition) is 7. The Labute approximate surface area is 113 Å². The minimum absolute atomic E-state index is 0.0104. The number of nitro groups is 1. The third-order valence-corrected chi connectivity index (χ3v) is 2.22. The van der Waals surface area contributed by atoms with E-state index in [1.165, 1.54) is 24.3 Å². The number of oxazole rings is 1. The number of hydrogen-bond donors (Lipinski definition) is 0. The molecule has 0 unspecified atom stereocenters. The number of rotatable bonds is 5. The molecule has 0 aliphatic rings. The lowest BCUT2D eigenvalue weighted by Crippen LogP contribution is -2.04. The van der Waals surface area contributed by atoms with Gasteiger partial charge in [-0.2, -0.15) is 4.98 Å². The van der Waals surface area contributed by atoms with Crippen molar-refractivity contribution in [2.45, 2.75) is 6.92 Å². The van der Waals surface area contributed by atoms with Crippen LogP contribution in [0.5, 0.6) is 11.8 Å². The number of carbonyl (C=O) groups is 1. The van der Waals surface area contributed by atoms with Crippen LogP contribution in [-0.4, -0.2) is 22.5 Å². The molecule has 0 fully saturated rings. The zero-order chi connectivity index (χ0) is 14.5. The number of esters is 1. The van der Waals surface area contributed by atoms with Gasteiger partial charge >= 0.3 is 12.0 Å². The topological polar surface area (TPSA) is 105 Å². The predicted molar refractivity (Wildman–Crippen MR) is 65.6 cm³/mol. The molecule has 0 bridgehead atoms. The van der Waals surface area contributed by atoms with E-state index in [2.05, 4.69) is 4.98 Å². The fourth-order valence-corrected chi connectivity index (χ4v) is 1.34. The van der Waals surface area contributed by atoms with Gasteiger partial charge < -0.3 is 13.9 Å². The Morgan fingerprint density at radius 2 is 2.10 bits per heavy atom. The lowest BCUT2D eigenvalue weighted by molar-refractivity contribution is -0.384. The van der Waals surface area contributed by atoms with Crippen molar-refractivity contribution in [1.29, 1.82) is 0 Å². The van der Waals surface area contributed by atoms with Crippen LogP contribution < -0.4 is 4.74 Å². The van der Waals surface area contributed by atoms with Crippen molar-refractivity contribution in [1.82, 2.24) is 4.98 Å². The highest BCUT2D eigenvalue weighted by Crippen LogP contribution is 2.23. The molecule has 0 spiro atoms. The van der Waals surface area contributed by atoms with Gasteiger partial charge in [-0.1, -0.05) is 0 Å². The molecule has 0 N–H and O–H groups in total. The van der Waals surface area contributed by atoms with E-state index in [4.69, 9.17) is 13.9 Å². The van der Waals surface area contributed by atoms with Crippen LogP contribution in [0.2, 0.25) is 0 Å². The largest absolute Gasteiger partial charge is 0.461 e. The lowest BCUT2D eigenvalue weighted by atomic mass is 10.3. The van der Waals surface area contributed by atoms with Crippen LogP contribution in [0, 0.1) is 10.1 Å². The molecule has 2 rings (SSSR count). The van der Waals surface area contributed by atoms with Gasteiger partial charge in [0.1, 0.15) is 12.0 Å². The summed E-state index contributed by atoms with van der Waals surface area (Å²) in [5, 5.41) is 10.5. The minimum atomic E-state index is -0.616. The van der Waals surface area contributed by atoms with Crippen LogP contribution in [0.3, 0.4) is 0 Å². The van der Waals surface area contributed by atoms with E-state index >= 15 is 0 Å². The van der Waals surface area contributed by atoms with Gasteiger partial charge in [0.15, 0.2) is 5.69 Å². The molecule has 0 amide bonds. The first-order chi connectivity index (χ1) is 9.60. The van der Waals surface area contributed by atoms with E-state index in [1.807, 2.05) is 0 Å². The van der Waals surface area contributed by atoms with Gasteiger partial charge in [-0.3, -0.25) is 10.1 Å². The van der Waals surface area contributed by atoms with Crippen molar-refractivity contribution >= 4 is 11.7 Å². The third-order valence-electron chi connectivity index (χ3n) is 2.22. The predicted octanol–water partition coefficient (Wildman–Crippen LogP) is 2.55. The molecule has 0 aliphatic heterocycles. The van der Waals surface area contributed by atoms with Crippen molar-refractivity contribution in [2.24, 2.45) is 0 Å². The van der Waals surface area contributed by atoms with Crippen LogP contribution in [0.25, 0.3) is 0 Å². The molecule has 0 saturated carbocycles. The van der Waals surface area contributed by atoms with Crippen molar-refractivity contribution in [3.63, 3.8) is 0 Å². The molecule has 0 radical (unpaired) electrons. The number of aromatic nitrogens is 1. The first kappa shape index (κ1) is 13.5. The van der Waals surface area contributed by atoms with Crippen molar-refractivity contribution < 1.29 is 23.6 Å². The Balaban J connectivity index is 2.06. The Bertz CT molecular complexity index is 619. The normalized spacial score (nSPS) is 10.1. The summed E-state index contributed by atoms with van der Waals surface area (Å²) in [7, 11) is 0. The molecule has 8 heteroatoms. The smallest absolute Gasteiger partial charge is 0.399 e. The van der Waals surface area contributed by atoms with Crippen LogP contribution in [0.4, 0.5) is 5.69 Å². The summed E-state index contributed by atoms with van der Waals surface area (Å²) in [6.45, 7) is 1.90. The minimum Gasteiger partial charge on any atom is -0.461 e. The molecule has 0 aliphatic carbocycles. The maximum atomic E-state index is 11.4. The molecule has 1 aromatic carbocycles. The Kier molecular flexibility index (Phi) is 3.94. The average Bonchev–Trinajstić information content (AvgIpc) is 2.88. The van der Waals surface area contributed by atoms with Crippen molar-refractivity contribution in [3.8, 4) is 11.8 Å². The summed E-state index contributed by atoms with van der Waals surface area (Å²) in [6.07, 6.45) is 0.959. The average molecular weight is 278 g/mol. The summed E-state index contributed by atoms with van der Waals surface area (Å²) >= 11 is 0. The molecule has 1 aromatic heterocycles. The SMILES string of the molecule is CCOC(=O)c1coc(Oc2ccc([N+](=O)[O-])cc2)n1. The van der Waals surface area contributed by atoms with Gasteiger partial charge in [-0.25, -0.2) is 4.79 Å². The maximum absolute atomic E-state index is 11.4. The van der Waals surface area contributed by atoms with Gasteiger partial charge in [0.05, 0.1) is 11.5 Å². The fourth-order valence-electron chi connectivity index (χ4n) is 1.34. The zero-order valence-electron chi connectivity index (χ0n) is 10.4. The summed E-state index contributed by atoms with van der Waals surface area (Å²) in [6, 6.07) is 5.35. The van der Waals surface area contributed by atoms with E-state index in [0.717, 1.165) is 6.26 Å². The van der Waals surface area contributed by atoms with E-state index in [1.54, 1.807) is 6.92 Å². The molecule has 104 valence electrons. The second-order valence-corrected chi connectivity index (χ2v) is 3.57. The third kappa shape index (κ3) is 3.10. The second kappa shape index (κ2) is 5.83. The maximum Gasteiger partial charge on any atom is 0.399 e. The quantitative estimate of drug-likeness (QED) is 0.470. The number of nitro benzene ring substituents is 1. The molecule has 0 saturated heterocycles. The van der Waals surface area contributed by atoms with Crippen LogP contribution in [0.15, 0.2) is 34.9 Å². The number of carbonyl (C=O) groups excluding carboxylic acids is 1. The van der Waals surface area contributed by atoms with Gasteiger partial charge in [0.25, 0.3) is 5.69 Å². The first-order valence-electron chi connectivity index (χ1n) is 5.65. The van der Waals surface area contributed by atoms with Gasteiger partial charge in [-0.05, 0) is 19.1 Å². The summed E-state index contributed by atoms with van der Waals surface area (Å²) < 4.78 is 14.9. The highest BCUT2D eigenvalue weighted by Gasteiger charge is 2.14. The van der Waals surface area contributed by atoms with E-state index in [9.17, 15) is 14.9 Å². The highest BCUT2D eigenvalue weighted by atomic mass is 16.6. The Hall–Kier alpha value is -2.90. The molecular formula is C12H10N2O6. The van der Waals surface area contributed by atoms with Gasteiger partial charge in [0, 0.05) is 12.1 Å². The Morgan fingerprint density at radius 1 is 1.40 bits per heavy atom. The Morgan fingerprint density at radius 3 is 2.70 bits per heavy atom. The number of nitrogens with zero attached hydrogens (tertiary/aromatic N) is 2. The number of ether oxygens (including phenoxy) is 2. The number of non-ortho nitro benzene ring substituents is 1. The second-order valence-electron chi connectivity index (χ2n) is 3.57. The molecule has 8 nitrogen and oxygen atoms in total. The molecule has 1 heterocycles. The van der Waals surface area contributed by atoms with Gasteiger partial charge in [0.2, 0.25) is 0 Å². The van der Waals surface area contributed by atoms with Crippen molar-refractivity contribution in [2.75, 3.05) is 6.61 Å². The molecule has 0 atom stereocenters. The van der Waals surface area contributed by atoms with Gasteiger partial charge in [-0.15, -0.1) is 0 Å². The molecule has 20 heavy (non-hydrogen) atoms. The van der Waals surface area contributed by atoms with Crippen molar-refractivity contribution in [3.05, 3.63) is 46.3 Å². The first-order valence-corrected chi connectivity index (χ1v) is 5.65. The van der Waals surface area contributed by atoms with Crippen LogP contribution in [0.1, 0.15) is 17.4 Å².